The van der Waals surface area contributed by atoms with Crippen LogP contribution in [0.25, 0.3) is 0 Å². The van der Waals surface area contributed by atoms with E-state index in [4.69, 9.17) is 1.76 Å². The number of nitrogens with one attached hydrogen (secondary N) is 1. The van der Waals surface area contributed by atoms with Gasteiger partial charge in [0.2, 0.25) is 0 Å². The average Bonchev–Trinajstić information content (AvgIpc) is 2.12. The van der Waals surface area contributed by atoms with E-state index >= 15 is 0 Å². The summed E-state index contributed by atoms with van der Waals surface area (Å²) in [4.78, 5) is 0. The van der Waals surface area contributed by atoms with E-state index in [1.165, 1.54) is 25.7 Å². The third-order valence-electron chi connectivity index (χ3n) is 1.81. The van der Waals surface area contributed by atoms with Gasteiger partial charge in [0.05, 0.1) is 0 Å². The Bertz CT molecular complexity index is 109. The Balaban J connectivity index is 2.24. The van der Waals surface area contributed by atoms with E-state index in [0.29, 0.717) is 0 Å². The molecule has 0 aromatic rings. The molecule has 10 heavy (non-hydrogen) atoms. The van der Waals surface area contributed by atoms with Crippen molar-refractivity contribution in [1.29, 1.82) is 0 Å². The predicted molar refractivity (Wildman–Crippen MR) is 57.6 cm³/mol. The first-order valence-electron chi connectivity index (χ1n) is 3.66. The van der Waals surface area contributed by atoms with Gasteiger partial charge in [-0.05, 0) is 0 Å². The maximum absolute atomic E-state index is 6.01. The maximum atomic E-state index is 6.01. The van der Waals surface area contributed by atoms with Gasteiger partial charge in [0.1, 0.15) is 0 Å². The summed E-state index contributed by atoms with van der Waals surface area (Å²) < 4.78 is 9.60. The molecule has 1 saturated carbocycles. The first-order chi connectivity index (χ1) is 4.58. The Morgan fingerprint density at radius 1 is 1.30 bits per heavy atom. The second-order valence-corrected chi connectivity index (χ2v) is 55.4. The van der Waals surface area contributed by atoms with Crippen molar-refractivity contribution in [1.82, 2.24) is 1.34 Å². The second kappa shape index (κ2) is 4.84. The van der Waals surface area contributed by atoms with Crippen molar-refractivity contribution in [2.24, 2.45) is 1.76 Å². The molecule has 0 amide bonds. The van der Waals surface area contributed by atoms with E-state index < -0.39 is 22.8 Å². The fourth-order valence-electron chi connectivity index (χ4n) is 1.41. The molecule has 0 aromatic carbocycles. The fourth-order valence-corrected chi connectivity index (χ4v) is 12.0. The summed E-state index contributed by atoms with van der Waals surface area (Å²) in [6.07, 6.45) is 5.51. The molecule has 1 fully saturated rings. The van der Waals surface area contributed by atoms with Gasteiger partial charge in [-0.25, -0.2) is 0 Å². The molecule has 0 aromatic heterocycles. The van der Waals surface area contributed by atoms with Crippen molar-refractivity contribution in [2.45, 2.75) is 31.7 Å². The molecule has 1 aliphatic rings. The van der Waals surface area contributed by atoms with Crippen LogP contribution in [0.15, 0.2) is 0 Å². The van der Waals surface area contributed by atoms with Crippen LogP contribution in [0, 0.1) is 22.8 Å². The summed E-state index contributed by atoms with van der Waals surface area (Å²) in [7, 11) is 0. The van der Waals surface area contributed by atoms with Gasteiger partial charge in [0, 0.05) is 0 Å². The summed E-state index contributed by atoms with van der Waals surface area (Å²) in [6.45, 7) is 0. The quantitative estimate of drug-likeness (QED) is 0.578. The standard InChI is InChI=1S/C5H10N.2HI.H2N.Pr/c6-5-3-1-2-4-5;;;;/h5-6H,1-4H2;2*1H;1H2;/q-1;;;-1;+4/p-2. The van der Waals surface area contributed by atoms with Gasteiger partial charge in [-0.2, -0.15) is 0 Å². The minimum atomic E-state index is -2.37. The molecule has 59 valence electrons. The van der Waals surface area contributed by atoms with Gasteiger partial charge >= 0.3 is 85.7 Å². The molecule has 5 heteroatoms. The van der Waals surface area contributed by atoms with Gasteiger partial charge in [0.25, 0.3) is 0 Å². The molecular weight excluding hydrogens is 483 g/mol. The van der Waals surface area contributed by atoms with E-state index in [0.717, 1.165) is 6.04 Å². The van der Waals surface area contributed by atoms with Gasteiger partial charge in [-0.1, -0.05) is 0 Å². The van der Waals surface area contributed by atoms with Crippen LogP contribution in [0.2, 0.25) is 0 Å². The van der Waals surface area contributed by atoms with Crippen molar-refractivity contribution >= 4 is 28.1 Å². The van der Waals surface area contributed by atoms with E-state index in [9.17, 15) is 0 Å². The van der Waals surface area contributed by atoms with Crippen LogP contribution in [-0.2, 0) is 0 Å². The number of hydrogen-bond donors (Lipinski definition) is 2. The summed E-state index contributed by atoms with van der Waals surface area (Å²) in [6, 6.07) is 0.767. The van der Waals surface area contributed by atoms with Gasteiger partial charge < -0.3 is 0 Å². The van der Waals surface area contributed by atoms with Crippen LogP contribution in [0.3, 0.4) is 0 Å². The fraction of sp³-hybridized carbons (Fsp3) is 1.00. The Kier molecular flexibility index (Phi) is 5.23. The Labute approximate surface area is 83.2 Å². The van der Waals surface area contributed by atoms with Gasteiger partial charge in [-0.15, -0.1) is 0 Å². The second-order valence-electron chi connectivity index (χ2n) is 2.87. The van der Waals surface area contributed by atoms with Crippen molar-refractivity contribution in [3.8, 4) is 0 Å². The van der Waals surface area contributed by atoms with E-state index in [1.54, 1.807) is 0 Å². The van der Waals surface area contributed by atoms with Crippen molar-refractivity contribution < 1.29 is 22.8 Å². The van der Waals surface area contributed by atoms with Crippen LogP contribution < -0.4 is 3.10 Å². The van der Waals surface area contributed by atoms with Crippen LogP contribution in [-0.4, -0.2) is 6.04 Å². The zero-order chi connectivity index (χ0) is 7.61. The molecule has 0 aliphatic heterocycles. The van der Waals surface area contributed by atoms with E-state index in [-0.39, 0.29) is 0 Å². The summed E-state index contributed by atoms with van der Waals surface area (Å²) in [5.74, 6) is 0. The SMILES string of the molecule is [NH2][Pr]([I])([I])[NH]C1CCCC1. The number of halogens is 2. The molecule has 3 N–H and O–H groups in total. The van der Waals surface area contributed by atoms with Crippen molar-refractivity contribution in [3.05, 3.63) is 0 Å². The Morgan fingerprint density at radius 2 is 1.80 bits per heavy atom. The van der Waals surface area contributed by atoms with Crippen molar-refractivity contribution in [3.63, 3.8) is 0 Å². The summed E-state index contributed by atoms with van der Waals surface area (Å²) in [5.41, 5.74) is 0. The van der Waals surface area contributed by atoms with Crippen LogP contribution in [0.5, 0.6) is 0 Å². The molecule has 0 heterocycles. The zero-order valence-corrected chi connectivity index (χ0v) is 13.8. The monoisotopic (exact) mass is 495 g/mol. The van der Waals surface area contributed by atoms with Crippen LogP contribution >= 0.6 is 28.1 Å². The normalized spacial score (nSPS) is 21.9. The number of hydrogen-bond acceptors (Lipinski definition) is 2. The third-order valence-corrected chi connectivity index (χ3v) is 10.1. The van der Waals surface area contributed by atoms with Gasteiger partial charge in [0.15, 0.2) is 0 Å². The molecule has 1 aliphatic carbocycles. The molecule has 1 rings (SSSR count). The third kappa shape index (κ3) is 4.69. The van der Waals surface area contributed by atoms with Crippen LogP contribution in [0.1, 0.15) is 25.7 Å². The first-order valence-corrected chi connectivity index (χ1v) is 28.9. The number of nitrogens with two attached hydrogens (primary N) is 1. The molecule has 2 nitrogen and oxygen atoms in total. The minimum absolute atomic E-state index is 0.767. The van der Waals surface area contributed by atoms with Crippen molar-refractivity contribution in [2.75, 3.05) is 0 Å². The molecule has 0 spiro atoms. The van der Waals surface area contributed by atoms with E-state index in [2.05, 4.69) is 29.4 Å². The molecule has 0 bridgehead atoms. The topological polar surface area (TPSA) is 38.0 Å². The van der Waals surface area contributed by atoms with Crippen LogP contribution in [0.4, 0.5) is 0 Å². The molecule has 0 saturated heterocycles. The molecular formula is C5H12I2N2Pr. The summed E-state index contributed by atoms with van der Waals surface area (Å²) in [5, 5.41) is 0. The Hall–Kier alpha value is 2.74. The van der Waals surface area contributed by atoms with Gasteiger partial charge in [-0.3, -0.25) is 0 Å². The molecule has 0 radical (unpaired) electrons. The number of rotatable bonds is 2. The van der Waals surface area contributed by atoms with E-state index in [1.807, 2.05) is 0 Å². The average molecular weight is 495 g/mol. The zero-order valence-electron chi connectivity index (χ0n) is 5.82. The summed E-state index contributed by atoms with van der Waals surface area (Å²) >= 11 is 2.53. The predicted octanol–water partition coefficient (Wildman–Crippen LogP) is 2.16. The molecule has 0 atom stereocenters. The Morgan fingerprint density at radius 3 is 2.20 bits per heavy atom. The first kappa shape index (κ1) is 10.8. The molecule has 0 unspecified atom stereocenters.